The lowest BCUT2D eigenvalue weighted by Crippen LogP contribution is -1.99. The number of hydrogen-bond donors (Lipinski definition) is 1. The van der Waals surface area contributed by atoms with Gasteiger partial charge in [0, 0.05) is 17.6 Å². The molecule has 0 unspecified atom stereocenters. The predicted molar refractivity (Wildman–Crippen MR) is 103 cm³/mol. The molecule has 3 heterocycles. The summed E-state index contributed by atoms with van der Waals surface area (Å²) in [6, 6.07) is 12.4. The molecule has 0 radical (unpaired) electrons. The fraction of sp³-hybridized carbons (Fsp3) is 0.0952. The Labute approximate surface area is 155 Å². The molecule has 0 aliphatic rings. The van der Waals surface area contributed by atoms with E-state index in [1.54, 1.807) is 24.5 Å². The van der Waals surface area contributed by atoms with Gasteiger partial charge < -0.3 is 9.55 Å². The van der Waals surface area contributed by atoms with Crippen molar-refractivity contribution in [3.05, 3.63) is 77.4 Å². The lowest BCUT2D eigenvalue weighted by Gasteiger charge is -2.08. The van der Waals surface area contributed by atoms with Crippen molar-refractivity contribution < 1.29 is 4.39 Å². The van der Waals surface area contributed by atoms with Gasteiger partial charge in [0.2, 0.25) is 0 Å². The molecular formula is C21H16FN5. The van der Waals surface area contributed by atoms with Gasteiger partial charge in [-0.2, -0.15) is 5.26 Å². The number of aryl methyl sites for hydroxylation is 1. The third-order valence-electron chi connectivity index (χ3n) is 4.49. The molecular weight excluding hydrogens is 341 g/mol. The van der Waals surface area contributed by atoms with E-state index in [0.29, 0.717) is 22.4 Å². The van der Waals surface area contributed by atoms with Gasteiger partial charge in [0.25, 0.3) is 0 Å². The summed E-state index contributed by atoms with van der Waals surface area (Å²) < 4.78 is 15.5. The Morgan fingerprint density at radius 1 is 1.26 bits per heavy atom. The maximum absolute atomic E-state index is 13.4. The quantitative estimate of drug-likeness (QED) is 0.546. The van der Waals surface area contributed by atoms with E-state index in [2.05, 4.69) is 25.6 Å². The van der Waals surface area contributed by atoms with Gasteiger partial charge in [-0.25, -0.2) is 9.37 Å². The van der Waals surface area contributed by atoms with Crippen LogP contribution in [0.4, 0.5) is 4.39 Å². The van der Waals surface area contributed by atoms with Crippen LogP contribution in [0, 0.1) is 31.0 Å². The molecule has 132 valence electrons. The zero-order valence-electron chi connectivity index (χ0n) is 14.9. The molecule has 0 aliphatic heterocycles. The molecule has 5 nitrogen and oxygen atoms in total. The Kier molecular flexibility index (Phi) is 4.05. The van der Waals surface area contributed by atoms with Gasteiger partial charge in [-0.15, -0.1) is 0 Å². The summed E-state index contributed by atoms with van der Waals surface area (Å²) in [5.74, 6) is 0.0736. The van der Waals surface area contributed by atoms with Crippen molar-refractivity contribution in [3.8, 4) is 11.8 Å². The highest BCUT2D eigenvalue weighted by Crippen LogP contribution is 2.25. The van der Waals surface area contributed by atoms with E-state index in [-0.39, 0.29) is 5.82 Å². The summed E-state index contributed by atoms with van der Waals surface area (Å²) in [5.41, 5.74) is 5.48. The Morgan fingerprint density at radius 2 is 2.11 bits per heavy atom. The molecule has 6 heteroatoms. The standard InChI is InChI=1S/C21H16FN5/c1-13-8-15(14(2)27(13)18-4-3-7-24-12-18)9-16(11-23)21-25-19-6-5-17(22)10-20(19)26-21/h3-10,12H,1-2H3,(H,25,26)/b16-9-. The van der Waals surface area contributed by atoms with Crippen molar-refractivity contribution in [1.82, 2.24) is 19.5 Å². The summed E-state index contributed by atoms with van der Waals surface area (Å²) in [4.78, 5) is 11.6. The van der Waals surface area contributed by atoms with Crippen molar-refractivity contribution in [3.63, 3.8) is 0 Å². The molecule has 1 N–H and O–H groups in total. The molecule has 4 aromatic rings. The molecule has 0 spiro atoms. The highest BCUT2D eigenvalue weighted by atomic mass is 19.1. The minimum absolute atomic E-state index is 0.347. The highest BCUT2D eigenvalue weighted by Gasteiger charge is 2.13. The number of nitrogens with one attached hydrogen (secondary N) is 1. The lowest BCUT2D eigenvalue weighted by molar-refractivity contribution is 0.629. The van der Waals surface area contributed by atoms with Crippen LogP contribution in [0.25, 0.3) is 28.4 Å². The fourth-order valence-electron chi connectivity index (χ4n) is 3.24. The normalized spacial score (nSPS) is 11.7. The summed E-state index contributed by atoms with van der Waals surface area (Å²) in [7, 11) is 0. The molecule has 0 atom stereocenters. The van der Waals surface area contributed by atoms with E-state index in [1.807, 2.05) is 32.0 Å². The van der Waals surface area contributed by atoms with E-state index in [4.69, 9.17) is 0 Å². The first-order valence-electron chi connectivity index (χ1n) is 8.43. The van der Waals surface area contributed by atoms with Crippen molar-refractivity contribution in [2.24, 2.45) is 0 Å². The summed E-state index contributed by atoms with van der Waals surface area (Å²) >= 11 is 0. The molecule has 3 aromatic heterocycles. The van der Waals surface area contributed by atoms with Gasteiger partial charge >= 0.3 is 0 Å². The number of imidazole rings is 1. The zero-order valence-corrected chi connectivity index (χ0v) is 14.9. The minimum Gasteiger partial charge on any atom is -0.337 e. The van der Waals surface area contributed by atoms with Crippen LogP contribution in [0.2, 0.25) is 0 Å². The van der Waals surface area contributed by atoms with Crippen LogP contribution in [0.5, 0.6) is 0 Å². The van der Waals surface area contributed by atoms with E-state index >= 15 is 0 Å². The second-order valence-electron chi connectivity index (χ2n) is 6.29. The SMILES string of the molecule is Cc1cc(/C=C(/C#N)c2nc3ccc(F)cc3[nH]2)c(C)n1-c1cccnc1. The molecule has 1 aromatic carbocycles. The van der Waals surface area contributed by atoms with E-state index in [0.717, 1.165) is 22.6 Å². The smallest absolute Gasteiger partial charge is 0.149 e. The van der Waals surface area contributed by atoms with E-state index < -0.39 is 0 Å². The monoisotopic (exact) mass is 357 g/mol. The third kappa shape index (κ3) is 3.00. The van der Waals surface area contributed by atoms with Gasteiger partial charge in [-0.1, -0.05) is 0 Å². The Bertz CT molecular complexity index is 1210. The van der Waals surface area contributed by atoms with Crippen LogP contribution >= 0.6 is 0 Å². The molecule has 0 aliphatic carbocycles. The van der Waals surface area contributed by atoms with Crippen LogP contribution in [-0.2, 0) is 0 Å². The Balaban J connectivity index is 1.80. The summed E-state index contributed by atoms with van der Waals surface area (Å²) in [5, 5.41) is 9.64. The number of halogens is 1. The number of allylic oxidation sites excluding steroid dienone is 1. The number of hydrogen-bond acceptors (Lipinski definition) is 3. The van der Waals surface area contributed by atoms with Gasteiger partial charge in [0.15, 0.2) is 0 Å². The molecule has 4 rings (SSSR count). The van der Waals surface area contributed by atoms with Crippen molar-refractivity contribution in [2.75, 3.05) is 0 Å². The van der Waals surface area contributed by atoms with Crippen LogP contribution < -0.4 is 0 Å². The molecule has 0 amide bonds. The first-order valence-corrected chi connectivity index (χ1v) is 8.43. The number of aromatic nitrogens is 4. The van der Waals surface area contributed by atoms with Gasteiger partial charge in [0.05, 0.1) is 28.5 Å². The molecule has 0 fully saturated rings. The van der Waals surface area contributed by atoms with E-state index in [1.165, 1.54) is 12.1 Å². The van der Waals surface area contributed by atoms with Crippen LogP contribution in [-0.4, -0.2) is 19.5 Å². The minimum atomic E-state index is -0.347. The van der Waals surface area contributed by atoms with Gasteiger partial charge in [0.1, 0.15) is 17.7 Å². The third-order valence-corrected chi connectivity index (χ3v) is 4.49. The number of fused-ring (bicyclic) bond motifs is 1. The van der Waals surface area contributed by atoms with Crippen LogP contribution in [0.3, 0.4) is 0 Å². The van der Waals surface area contributed by atoms with Gasteiger partial charge in [-0.05, 0) is 61.9 Å². The average molecular weight is 357 g/mol. The number of benzene rings is 1. The maximum atomic E-state index is 13.4. The van der Waals surface area contributed by atoms with E-state index in [9.17, 15) is 9.65 Å². The van der Waals surface area contributed by atoms with Crippen molar-refractivity contribution in [1.29, 1.82) is 5.26 Å². The number of H-pyrrole nitrogens is 1. The molecule has 0 saturated heterocycles. The number of aromatic amines is 1. The predicted octanol–water partition coefficient (Wildman–Crippen LogP) is 4.57. The summed E-state index contributed by atoms with van der Waals surface area (Å²) in [6.07, 6.45) is 5.33. The Hall–Kier alpha value is -3.72. The maximum Gasteiger partial charge on any atom is 0.149 e. The largest absolute Gasteiger partial charge is 0.337 e. The van der Waals surface area contributed by atoms with Crippen molar-refractivity contribution in [2.45, 2.75) is 13.8 Å². The van der Waals surface area contributed by atoms with Gasteiger partial charge in [-0.3, -0.25) is 4.98 Å². The van der Waals surface area contributed by atoms with Crippen LogP contribution in [0.1, 0.15) is 22.8 Å². The first-order chi connectivity index (χ1) is 13.1. The molecule has 0 saturated carbocycles. The Morgan fingerprint density at radius 3 is 2.85 bits per heavy atom. The molecule has 0 bridgehead atoms. The second kappa shape index (κ2) is 6.54. The van der Waals surface area contributed by atoms with Crippen molar-refractivity contribution >= 4 is 22.7 Å². The summed E-state index contributed by atoms with van der Waals surface area (Å²) in [6.45, 7) is 4.00. The fourth-order valence-corrected chi connectivity index (χ4v) is 3.24. The number of nitrogens with zero attached hydrogens (tertiary/aromatic N) is 4. The molecule has 27 heavy (non-hydrogen) atoms. The number of rotatable bonds is 3. The average Bonchev–Trinajstić information content (AvgIpc) is 3.20. The highest BCUT2D eigenvalue weighted by molar-refractivity contribution is 5.90. The zero-order chi connectivity index (χ0) is 19.0. The number of pyridine rings is 1. The lowest BCUT2D eigenvalue weighted by atomic mass is 10.1. The first kappa shape index (κ1) is 16.7. The number of nitriles is 1. The van der Waals surface area contributed by atoms with Crippen LogP contribution in [0.15, 0.2) is 48.8 Å². The topological polar surface area (TPSA) is 70.3 Å². The second-order valence-corrected chi connectivity index (χ2v) is 6.29.